The molecule has 0 bridgehead atoms. The van der Waals surface area contributed by atoms with E-state index < -0.39 is 0 Å². The molecule has 0 aliphatic carbocycles. The lowest BCUT2D eigenvalue weighted by Gasteiger charge is -1.85. The SMILES string of the molecule is Cc1nc(-c2cc([N+](=O)[O-])cs2)cs1. The van der Waals surface area contributed by atoms with Gasteiger partial charge < -0.3 is 0 Å². The van der Waals surface area contributed by atoms with Gasteiger partial charge in [-0.05, 0) is 6.92 Å². The van der Waals surface area contributed by atoms with E-state index in [-0.39, 0.29) is 10.6 Å². The Morgan fingerprint density at radius 3 is 2.71 bits per heavy atom. The first-order valence-electron chi connectivity index (χ1n) is 3.82. The van der Waals surface area contributed by atoms with E-state index in [1.807, 2.05) is 12.3 Å². The van der Waals surface area contributed by atoms with E-state index in [2.05, 4.69) is 4.98 Å². The van der Waals surface area contributed by atoms with E-state index in [9.17, 15) is 10.1 Å². The first kappa shape index (κ1) is 9.29. The van der Waals surface area contributed by atoms with Gasteiger partial charge >= 0.3 is 0 Å². The van der Waals surface area contributed by atoms with Crippen LogP contribution in [-0.4, -0.2) is 9.91 Å². The number of aryl methyl sites for hydroxylation is 1. The molecule has 0 aromatic carbocycles. The summed E-state index contributed by atoms with van der Waals surface area (Å²) in [5, 5.41) is 14.9. The van der Waals surface area contributed by atoms with Gasteiger partial charge in [0.05, 0.1) is 25.9 Å². The Balaban J connectivity index is 2.38. The summed E-state index contributed by atoms with van der Waals surface area (Å²) in [6.45, 7) is 1.91. The first-order valence-corrected chi connectivity index (χ1v) is 5.58. The molecule has 2 rings (SSSR count). The van der Waals surface area contributed by atoms with Crippen LogP contribution in [0.1, 0.15) is 5.01 Å². The molecular weight excluding hydrogens is 220 g/mol. The van der Waals surface area contributed by atoms with E-state index in [1.54, 1.807) is 17.4 Å². The molecule has 0 fully saturated rings. The quantitative estimate of drug-likeness (QED) is 0.584. The van der Waals surface area contributed by atoms with Crippen LogP contribution in [0.5, 0.6) is 0 Å². The molecule has 0 atom stereocenters. The van der Waals surface area contributed by atoms with Gasteiger partial charge in [-0.3, -0.25) is 10.1 Å². The highest BCUT2D eigenvalue weighted by molar-refractivity contribution is 7.14. The minimum absolute atomic E-state index is 0.135. The van der Waals surface area contributed by atoms with Crippen LogP contribution >= 0.6 is 22.7 Å². The van der Waals surface area contributed by atoms with Gasteiger partial charge in [0.1, 0.15) is 0 Å². The van der Waals surface area contributed by atoms with Gasteiger partial charge in [-0.15, -0.1) is 22.7 Å². The molecule has 0 amide bonds. The Bertz CT molecular complexity index is 475. The lowest BCUT2D eigenvalue weighted by Crippen LogP contribution is -1.82. The fourth-order valence-electron chi connectivity index (χ4n) is 1.03. The van der Waals surface area contributed by atoms with E-state index in [4.69, 9.17) is 0 Å². The van der Waals surface area contributed by atoms with Crippen LogP contribution in [0.2, 0.25) is 0 Å². The second-order valence-electron chi connectivity index (χ2n) is 2.68. The summed E-state index contributed by atoms with van der Waals surface area (Å²) in [5.41, 5.74) is 0.959. The first-order chi connectivity index (χ1) is 6.66. The molecule has 4 nitrogen and oxygen atoms in total. The topological polar surface area (TPSA) is 56.0 Å². The van der Waals surface area contributed by atoms with Gasteiger partial charge in [0.2, 0.25) is 0 Å². The van der Waals surface area contributed by atoms with Crippen molar-refractivity contribution in [2.45, 2.75) is 6.92 Å². The number of nitro groups is 1. The maximum absolute atomic E-state index is 10.4. The van der Waals surface area contributed by atoms with E-state index in [1.165, 1.54) is 16.7 Å². The average molecular weight is 226 g/mol. The Morgan fingerprint density at radius 2 is 2.21 bits per heavy atom. The number of nitrogens with zero attached hydrogens (tertiary/aromatic N) is 2. The van der Waals surface area contributed by atoms with E-state index in [0.717, 1.165) is 15.6 Å². The molecule has 2 aromatic rings. The standard InChI is InChI=1S/C8H6N2O2S2/c1-5-9-7(4-13-5)8-2-6(3-14-8)10(11)12/h2-4H,1H3. The fraction of sp³-hybridized carbons (Fsp3) is 0.125. The van der Waals surface area contributed by atoms with Crippen molar-refractivity contribution in [2.75, 3.05) is 0 Å². The van der Waals surface area contributed by atoms with Crippen LogP contribution in [0.15, 0.2) is 16.8 Å². The molecule has 6 heteroatoms. The zero-order valence-corrected chi connectivity index (χ0v) is 8.89. The smallest absolute Gasteiger partial charge is 0.258 e. The minimum atomic E-state index is -0.390. The molecule has 72 valence electrons. The third-order valence-electron chi connectivity index (χ3n) is 1.67. The number of aromatic nitrogens is 1. The Labute approximate surface area is 88.0 Å². The summed E-state index contributed by atoms with van der Waals surface area (Å²) in [4.78, 5) is 15.2. The summed E-state index contributed by atoms with van der Waals surface area (Å²) in [6.07, 6.45) is 0. The molecule has 0 aliphatic heterocycles. The number of thiazole rings is 1. The van der Waals surface area contributed by atoms with Gasteiger partial charge in [-0.1, -0.05) is 0 Å². The van der Waals surface area contributed by atoms with Crippen molar-refractivity contribution in [3.63, 3.8) is 0 Å². The summed E-state index contributed by atoms with van der Waals surface area (Å²) in [6, 6.07) is 1.55. The van der Waals surface area contributed by atoms with Gasteiger partial charge in [-0.2, -0.15) is 0 Å². The molecule has 0 aliphatic rings. The number of rotatable bonds is 2. The van der Waals surface area contributed by atoms with Crippen LogP contribution in [0.4, 0.5) is 5.69 Å². The van der Waals surface area contributed by atoms with Crippen LogP contribution in [0, 0.1) is 17.0 Å². The summed E-state index contributed by atoms with van der Waals surface area (Å²) in [5.74, 6) is 0. The monoisotopic (exact) mass is 226 g/mol. The maximum atomic E-state index is 10.4. The summed E-state index contributed by atoms with van der Waals surface area (Å²) in [7, 11) is 0. The molecule has 0 radical (unpaired) electrons. The second kappa shape index (κ2) is 3.47. The number of hydrogen-bond acceptors (Lipinski definition) is 5. The highest BCUT2D eigenvalue weighted by Crippen LogP contribution is 2.31. The summed E-state index contributed by atoms with van der Waals surface area (Å²) >= 11 is 2.89. The average Bonchev–Trinajstić information content (AvgIpc) is 2.70. The predicted octanol–water partition coefficient (Wildman–Crippen LogP) is 3.09. The molecule has 14 heavy (non-hydrogen) atoms. The molecular formula is C8H6N2O2S2. The van der Waals surface area contributed by atoms with Crippen molar-refractivity contribution in [1.29, 1.82) is 0 Å². The maximum Gasteiger partial charge on any atom is 0.280 e. The lowest BCUT2D eigenvalue weighted by atomic mass is 10.3. The van der Waals surface area contributed by atoms with E-state index in [0.29, 0.717) is 0 Å². The van der Waals surface area contributed by atoms with Crippen LogP contribution in [0.25, 0.3) is 10.6 Å². The van der Waals surface area contributed by atoms with Crippen LogP contribution < -0.4 is 0 Å². The Kier molecular flexibility index (Phi) is 2.30. The number of thiophene rings is 1. The van der Waals surface area contributed by atoms with Crippen molar-refractivity contribution in [1.82, 2.24) is 4.98 Å². The normalized spacial score (nSPS) is 10.4. The fourth-order valence-corrected chi connectivity index (χ4v) is 2.54. The third kappa shape index (κ3) is 1.66. The van der Waals surface area contributed by atoms with Crippen molar-refractivity contribution in [3.8, 4) is 10.6 Å². The highest BCUT2D eigenvalue weighted by atomic mass is 32.1. The molecule has 2 heterocycles. The molecule has 2 aromatic heterocycles. The number of hydrogen-bond donors (Lipinski definition) is 0. The second-order valence-corrected chi connectivity index (χ2v) is 4.65. The van der Waals surface area contributed by atoms with Gasteiger partial charge in [-0.25, -0.2) is 4.98 Å². The largest absolute Gasteiger partial charge is 0.280 e. The Hall–Kier alpha value is -1.27. The van der Waals surface area contributed by atoms with E-state index >= 15 is 0 Å². The van der Waals surface area contributed by atoms with Gasteiger partial charge in [0, 0.05) is 11.4 Å². The van der Waals surface area contributed by atoms with Crippen molar-refractivity contribution in [2.24, 2.45) is 0 Å². The zero-order valence-electron chi connectivity index (χ0n) is 7.26. The molecule has 0 saturated heterocycles. The summed E-state index contributed by atoms with van der Waals surface area (Å²) < 4.78 is 0. The van der Waals surface area contributed by atoms with Crippen molar-refractivity contribution < 1.29 is 4.92 Å². The van der Waals surface area contributed by atoms with Gasteiger partial charge in [0.25, 0.3) is 5.69 Å². The molecule has 0 saturated carbocycles. The van der Waals surface area contributed by atoms with Crippen LogP contribution in [-0.2, 0) is 0 Å². The lowest BCUT2D eigenvalue weighted by molar-refractivity contribution is -0.384. The predicted molar refractivity (Wildman–Crippen MR) is 56.8 cm³/mol. The molecule has 0 N–H and O–H groups in total. The van der Waals surface area contributed by atoms with Gasteiger partial charge in [0.15, 0.2) is 0 Å². The molecule has 0 unspecified atom stereocenters. The molecule has 0 spiro atoms. The minimum Gasteiger partial charge on any atom is -0.258 e. The van der Waals surface area contributed by atoms with Crippen LogP contribution in [0.3, 0.4) is 0 Å². The highest BCUT2D eigenvalue weighted by Gasteiger charge is 2.11. The zero-order chi connectivity index (χ0) is 10.1. The third-order valence-corrected chi connectivity index (χ3v) is 3.38. The van der Waals surface area contributed by atoms with Crippen molar-refractivity contribution in [3.05, 3.63) is 31.9 Å². The van der Waals surface area contributed by atoms with Crippen molar-refractivity contribution >= 4 is 28.4 Å². The Morgan fingerprint density at radius 1 is 1.43 bits per heavy atom.